The summed E-state index contributed by atoms with van der Waals surface area (Å²) in [6.45, 7) is 8.08. The molecule has 0 bridgehead atoms. The fourth-order valence-corrected chi connectivity index (χ4v) is 1.66. The van der Waals surface area contributed by atoms with Gasteiger partial charge in [-0.15, -0.1) is 0 Å². The lowest BCUT2D eigenvalue weighted by molar-refractivity contribution is 0.238. The third-order valence-corrected chi connectivity index (χ3v) is 2.80. The van der Waals surface area contributed by atoms with Gasteiger partial charge in [-0.2, -0.15) is 5.10 Å². The van der Waals surface area contributed by atoms with E-state index in [9.17, 15) is 9.59 Å². The Balaban J connectivity index is 2.09. The monoisotopic (exact) mass is 270 g/mol. The summed E-state index contributed by atoms with van der Waals surface area (Å²) in [5, 5.41) is 11.3. The second kappa shape index (κ2) is 8.30. The molecule has 0 atom stereocenters. The number of hydrogen-bond donors (Lipinski definition) is 4. The standard InChI is InChI=1S/C11H22N6O2/c1-3-17(4-2)7-5-6-12-10(18)13-8-9-14-11(19)16-15-9/h3-8H2,1-2H3,(H2,12,13,18)(H2,14,15,16,19). The molecule has 0 unspecified atom stereocenters. The van der Waals surface area contributed by atoms with Crippen LogP contribution in [0.4, 0.5) is 4.79 Å². The van der Waals surface area contributed by atoms with Gasteiger partial charge in [0.05, 0.1) is 6.54 Å². The Labute approximate surface area is 112 Å². The molecular weight excluding hydrogens is 248 g/mol. The summed E-state index contributed by atoms with van der Waals surface area (Å²) in [5.74, 6) is 0.406. The number of aromatic amines is 2. The van der Waals surface area contributed by atoms with Crippen molar-refractivity contribution < 1.29 is 4.79 Å². The molecule has 0 aliphatic heterocycles. The van der Waals surface area contributed by atoms with Crippen molar-refractivity contribution in [2.24, 2.45) is 0 Å². The minimum Gasteiger partial charge on any atom is -0.338 e. The maximum absolute atomic E-state index is 11.4. The van der Waals surface area contributed by atoms with Gasteiger partial charge in [0.15, 0.2) is 0 Å². The van der Waals surface area contributed by atoms with E-state index in [4.69, 9.17) is 0 Å². The number of hydrogen-bond acceptors (Lipinski definition) is 4. The summed E-state index contributed by atoms with van der Waals surface area (Å²) in [6.07, 6.45) is 0.911. The lowest BCUT2D eigenvalue weighted by Crippen LogP contribution is -2.37. The lowest BCUT2D eigenvalue weighted by atomic mass is 10.3. The van der Waals surface area contributed by atoms with E-state index in [0.29, 0.717) is 12.4 Å². The average Bonchev–Trinajstić information content (AvgIpc) is 2.82. The topological polar surface area (TPSA) is 106 Å². The SMILES string of the molecule is CCN(CC)CCCNC(=O)NCc1n[nH]c(=O)[nH]1. The second-order valence-corrected chi connectivity index (χ2v) is 4.11. The number of H-pyrrole nitrogens is 2. The van der Waals surface area contributed by atoms with Gasteiger partial charge in [0, 0.05) is 6.54 Å². The Bertz CT molecular complexity index is 423. The molecule has 0 saturated heterocycles. The maximum Gasteiger partial charge on any atom is 0.340 e. The number of rotatable bonds is 8. The van der Waals surface area contributed by atoms with Gasteiger partial charge in [0.2, 0.25) is 0 Å². The van der Waals surface area contributed by atoms with Crippen LogP contribution >= 0.6 is 0 Å². The highest BCUT2D eigenvalue weighted by atomic mass is 16.2. The summed E-state index contributed by atoms with van der Waals surface area (Å²) < 4.78 is 0. The Kier molecular flexibility index (Phi) is 6.65. The van der Waals surface area contributed by atoms with Crippen LogP contribution in [0.3, 0.4) is 0 Å². The third-order valence-electron chi connectivity index (χ3n) is 2.80. The van der Waals surface area contributed by atoms with Crippen molar-refractivity contribution in [3.8, 4) is 0 Å². The smallest absolute Gasteiger partial charge is 0.338 e. The Morgan fingerprint density at radius 3 is 2.63 bits per heavy atom. The first-order valence-corrected chi connectivity index (χ1v) is 6.53. The molecule has 1 aromatic rings. The van der Waals surface area contributed by atoms with Gasteiger partial charge in [-0.05, 0) is 26.1 Å². The summed E-state index contributed by atoms with van der Waals surface area (Å²) in [6, 6.07) is -0.261. The summed E-state index contributed by atoms with van der Waals surface area (Å²) >= 11 is 0. The molecule has 0 aromatic carbocycles. The molecule has 0 saturated carbocycles. The van der Waals surface area contributed by atoms with E-state index in [-0.39, 0.29) is 18.3 Å². The van der Waals surface area contributed by atoms with E-state index in [1.807, 2.05) is 0 Å². The molecule has 8 heteroatoms. The number of carbonyl (C=O) groups excluding carboxylic acids is 1. The van der Waals surface area contributed by atoms with Crippen molar-refractivity contribution >= 4 is 6.03 Å². The van der Waals surface area contributed by atoms with Crippen molar-refractivity contribution in [2.45, 2.75) is 26.8 Å². The highest BCUT2D eigenvalue weighted by molar-refractivity contribution is 5.73. The number of nitrogens with zero attached hydrogens (tertiary/aromatic N) is 2. The molecule has 1 heterocycles. The van der Waals surface area contributed by atoms with Crippen LogP contribution in [0, 0.1) is 0 Å². The molecule has 1 rings (SSSR count). The molecule has 2 amide bonds. The van der Waals surface area contributed by atoms with E-state index in [1.165, 1.54) is 0 Å². The molecule has 4 N–H and O–H groups in total. The Morgan fingerprint density at radius 1 is 1.32 bits per heavy atom. The molecule has 0 fully saturated rings. The van der Waals surface area contributed by atoms with E-state index in [1.54, 1.807) is 0 Å². The minimum atomic E-state index is -0.378. The fourth-order valence-electron chi connectivity index (χ4n) is 1.66. The molecule has 0 aliphatic carbocycles. The quantitative estimate of drug-likeness (QED) is 0.483. The van der Waals surface area contributed by atoms with Crippen LogP contribution in [0.2, 0.25) is 0 Å². The first kappa shape index (κ1) is 15.2. The largest absolute Gasteiger partial charge is 0.340 e. The highest BCUT2D eigenvalue weighted by Gasteiger charge is 2.03. The predicted molar refractivity (Wildman–Crippen MR) is 71.9 cm³/mol. The van der Waals surface area contributed by atoms with Gasteiger partial charge < -0.3 is 15.5 Å². The second-order valence-electron chi connectivity index (χ2n) is 4.11. The van der Waals surface area contributed by atoms with E-state index >= 15 is 0 Å². The van der Waals surface area contributed by atoms with Crippen LogP contribution in [0.1, 0.15) is 26.1 Å². The van der Waals surface area contributed by atoms with Crippen molar-refractivity contribution in [3.63, 3.8) is 0 Å². The highest BCUT2D eigenvalue weighted by Crippen LogP contribution is 1.89. The predicted octanol–water partition coefficient (Wildman–Crippen LogP) is -0.371. The van der Waals surface area contributed by atoms with Crippen LogP contribution in [0.5, 0.6) is 0 Å². The fraction of sp³-hybridized carbons (Fsp3) is 0.727. The summed E-state index contributed by atoms with van der Waals surface area (Å²) in [7, 11) is 0. The van der Waals surface area contributed by atoms with Gasteiger partial charge in [-0.25, -0.2) is 14.7 Å². The Hall–Kier alpha value is -1.83. The molecule has 1 aromatic heterocycles. The van der Waals surface area contributed by atoms with E-state index in [0.717, 1.165) is 26.1 Å². The summed E-state index contributed by atoms with van der Waals surface area (Å²) in [5.41, 5.74) is -0.378. The number of carbonyl (C=O) groups is 1. The first-order valence-electron chi connectivity index (χ1n) is 6.53. The van der Waals surface area contributed by atoms with Crippen LogP contribution in [0.15, 0.2) is 4.79 Å². The molecule has 8 nitrogen and oxygen atoms in total. The zero-order valence-corrected chi connectivity index (χ0v) is 11.5. The van der Waals surface area contributed by atoms with Crippen molar-refractivity contribution in [1.82, 2.24) is 30.7 Å². The number of nitrogens with one attached hydrogen (secondary N) is 4. The number of urea groups is 1. The Morgan fingerprint density at radius 2 is 2.05 bits per heavy atom. The molecular formula is C11H22N6O2. The zero-order valence-electron chi connectivity index (χ0n) is 11.5. The van der Waals surface area contributed by atoms with Crippen LogP contribution in [-0.4, -0.2) is 52.3 Å². The molecule has 0 spiro atoms. The van der Waals surface area contributed by atoms with Gasteiger partial charge in [0.1, 0.15) is 5.82 Å². The van der Waals surface area contributed by atoms with Crippen LogP contribution < -0.4 is 16.3 Å². The molecule has 19 heavy (non-hydrogen) atoms. The normalized spacial score (nSPS) is 10.7. The average molecular weight is 270 g/mol. The molecule has 0 aliphatic rings. The summed E-state index contributed by atoms with van der Waals surface area (Å²) in [4.78, 5) is 27.0. The first-order chi connectivity index (χ1) is 9.15. The van der Waals surface area contributed by atoms with Gasteiger partial charge in [0.25, 0.3) is 0 Å². The van der Waals surface area contributed by atoms with Crippen LogP contribution in [-0.2, 0) is 6.54 Å². The molecule has 108 valence electrons. The lowest BCUT2D eigenvalue weighted by Gasteiger charge is -2.17. The van der Waals surface area contributed by atoms with Gasteiger partial charge >= 0.3 is 11.7 Å². The van der Waals surface area contributed by atoms with Gasteiger partial charge in [-0.3, -0.25) is 4.98 Å². The molecule has 0 radical (unpaired) electrons. The maximum atomic E-state index is 11.4. The van der Waals surface area contributed by atoms with Gasteiger partial charge in [-0.1, -0.05) is 13.8 Å². The van der Waals surface area contributed by atoms with Crippen molar-refractivity contribution in [3.05, 3.63) is 16.3 Å². The van der Waals surface area contributed by atoms with Crippen molar-refractivity contribution in [2.75, 3.05) is 26.2 Å². The van der Waals surface area contributed by atoms with E-state index < -0.39 is 0 Å². The van der Waals surface area contributed by atoms with Crippen LogP contribution in [0.25, 0.3) is 0 Å². The minimum absolute atomic E-state index is 0.195. The third kappa shape index (κ3) is 6.05. The number of amides is 2. The van der Waals surface area contributed by atoms with Crippen molar-refractivity contribution in [1.29, 1.82) is 0 Å². The number of aromatic nitrogens is 3. The van der Waals surface area contributed by atoms with E-state index in [2.05, 4.69) is 44.6 Å². The zero-order chi connectivity index (χ0) is 14.1.